The number of amides is 1. The Bertz CT molecular complexity index is 526. The maximum Gasteiger partial charge on any atom is 0.287 e. The molecule has 2 rings (SSSR count). The molecule has 1 saturated carbocycles. The van der Waals surface area contributed by atoms with Gasteiger partial charge in [0.05, 0.1) is 11.1 Å². The molecular weight excluding hydrogens is 272 g/mol. The van der Waals surface area contributed by atoms with Crippen LogP contribution in [0.25, 0.3) is 0 Å². The van der Waals surface area contributed by atoms with Gasteiger partial charge in [-0.1, -0.05) is 19.8 Å². The van der Waals surface area contributed by atoms with Crippen molar-refractivity contribution in [1.82, 2.24) is 9.88 Å². The Kier molecular flexibility index (Phi) is 4.95. The molecule has 3 N–H and O–H groups in total. The van der Waals surface area contributed by atoms with Crippen molar-refractivity contribution in [2.45, 2.75) is 57.7 Å². The fraction of sp³-hybridized carbons (Fsp3) is 0.643. The Hall–Kier alpha value is -1.89. The average Bonchev–Trinajstić information content (AvgIpc) is 2.86. The second-order valence-electron chi connectivity index (χ2n) is 5.56. The number of nitrogens with zero attached hydrogens (tertiary/aromatic N) is 2. The zero-order valence-corrected chi connectivity index (χ0v) is 12.2. The predicted molar refractivity (Wildman–Crippen MR) is 79.1 cm³/mol. The molecular formula is C14H22N4O3. The molecule has 2 atom stereocenters. The number of carbonyl (C=O) groups is 1. The highest BCUT2D eigenvalue weighted by Gasteiger charge is 2.26. The van der Waals surface area contributed by atoms with Crippen molar-refractivity contribution in [1.29, 1.82) is 0 Å². The van der Waals surface area contributed by atoms with Gasteiger partial charge in [-0.2, -0.15) is 0 Å². The number of nitrogens with two attached hydrogens (primary N) is 1. The van der Waals surface area contributed by atoms with Gasteiger partial charge in [0, 0.05) is 24.7 Å². The highest BCUT2D eigenvalue weighted by atomic mass is 16.6. The standard InChI is InChI=1S/C14H22N4O3/c1-2-7-17-9-10(18(20)21)8-13(17)14(19)16-12-6-4-3-5-11(12)15/h8-9,11-12H,2-7,15H2,1H3,(H,16,19)/t11-,12-/m1/s1. The first-order valence-corrected chi connectivity index (χ1v) is 7.44. The lowest BCUT2D eigenvalue weighted by atomic mass is 9.91. The van der Waals surface area contributed by atoms with Crippen molar-refractivity contribution in [3.8, 4) is 0 Å². The summed E-state index contributed by atoms with van der Waals surface area (Å²) in [4.78, 5) is 22.8. The smallest absolute Gasteiger partial charge is 0.287 e. The minimum Gasteiger partial charge on any atom is -0.346 e. The molecule has 1 aliphatic carbocycles. The van der Waals surface area contributed by atoms with Crippen molar-refractivity contribution in [3.63, 3.8) is 0 Å². The topological polar surface area (TPSA) is 103 Å². The van der Waals surface area contributed by atoms with E-state index in [9.17, 15) is 14.9 Å². The number of aromatic nitrogens is 1. The van der Waals surface area contributed by atoms with Crippen LogP contribution in [0.1, 0.15) is 49.5 Å². The molecule has 1 aromatic rings. The van der Waals surface area contributed by atoms with Gasteiger partial charge in [-0.05, 0) is 19.3 Å². The van der Waals surface area contributed by atoms with Crippen LogP contribution in [0.3, 0.4) is 0 Å². The molecule has 1 fully saturated rings. The Balaban J connectivity index is 2.15. The fourth-order valence-electron chi connectivity index (χ4n) is 2.79. The fourth-order valence-corrected chi connectivity index (χ4v) is 2.79. The molecule has 0 saturated heterocycles. The van der Waals surface area contributed by atoms with Crippen molar-refractivity contribution < 1.29 is 9.72 Å². The molecule has 0 bridgehead atoms. The molecule has 116 valence electrons. The van der Waals surface area contributed by atoms with Crippen LogP contribution in [-0.2, 0) is 6.54 Å². The maximum atomic E-state index is 12.4. The van der Waals surface area contributed by atoms with Gasteiger partial charge in [0.15, 0.2) is 0 Å². The van der Waals surface area contributed by atoms with E-state index >= 15 is 0 Å². The first-order valence-electron chi connectivity index (χ1n) is 7.44. The highest BCUT2D eigenvalue weighted by Crippen LogP contribution is 2.20. The van der Waals surface area contributed by atoms with Crippen molar-refractivity contribution >= 4 is 11.6 Å². The molecule has 0 aromatic carbocycles. The summed E-state index contributed by atoms with van der Waals surface area (Å²) in [5.41, 5.74) is 6.31. The van der Waals surface area contributed by atoms with Gasteiger partial charge >= 0.3 is 0 Å². The highest BCUT2D eigenvalue weighted by molar-refractivity contribution is 5.93. The number of nitro groups is 1. The van der Waals surface area contributed by atoms with E-state index in [0.29, 0.717) is 12.2 Å². The van der Waals surface area contributed by atoms with E-state index in [1.807, 2.05) is 6.92 Å². The summed E-state index contributed by atoms with van der Waals surface area (Å²) >= 11 is 0. The van der Waals surface area contributed by atoms with Gasteiger partial charge in [-0.15, -0.1) is 0 Å². The Morgan fingerprint density at radius 3 is 2.86 bits per heavy atom. The first-order chi connectivity index (χ1) is 10.0. The van der Waals surface area contributed by atoms with Crippen LogP contribution in [0.2, 0.25) is 0 Å². The lowest BCUT2D eigenvalue weighted by Crippen LogP contribution is -2.49. The number of carbonyl (C=O) groups excluding carboxylic acids is 1. The van der Waals surface area contributed by atoms with E-state index in [1.165, 1.54) is 12.3 Å². The Morgan fingerprint density at radius 1 is 1.52 bits per heavy atom. The van der Waals surface area contributed by atoms with Crippen LogP contribution in [0.15, 0.2) is 12.3 Å². The summed E-state index contributed by atoms with van der Waals surface area (Å²) in [6.07, 6.45) is 6.12. The zero-order chi connectivity index (χ0) is 15.4. The monoisotopic (exact) mass is 294 g/mol. The summed E-state index contributed by atoms with van der Waals surface area (Å²) in [6, 6.07) is 1.25. The third-order valence-electron chi connectivity index (χ3n) is 3.93. The SMILES string of the molecule is CCCn1cc([N+](=O)[O-])cc1C(=O)N[C@@H]1CCCC[C@H]1N. The van der Waals surface area contributed by atoms with E-state index in [2.05, 4.69) is 5.32 Å². The van der Waals surface area contributed by atoms with Crippen LogP contribution >= 0.6 is 0 Å². The van der Waals surface area contributed by atoms with E-state index in [1.54, 1.807) is 4.57 Å². The number of aryl methyl sites for hydroxylation is 1. The van der Waals surface area contributed by atoms with E-state index in [4.69, 9.17) is 5.73 Å². The van der Waals surface area contributed by atoms with Gasteiger partial charge < -0.3 is 15.6 Å². The lowest BCUT2D eigenvalue weighted by Gasteiger charge is -2.29. The second kappa shape index (κ2) is 6.71. The normalized spacial score (nSPS) is 22.0. The Labute approximate surface area is 123 Å². The molecule has 21 heavy (non-hydrogen) atoms. The largest absolute Gasteiger partial charge is 0.346 e. The number of nitrogens with one attached hydrogen (secondary N) is 1. The number of rotatable bonds is 5. The van der Waals surface area contributed by atoms with E-state index in [0.717, 1.165) is 32.1 Å². The van der Waals surface area contributed by atoms with Crippen molar-refractivity contribution in [3.05, 3.63) is 28.1 Å². The molecule has 7 nitrogen and oxygen atoms in total. The molecule has 1 heterocycles. The molecule has 0 spiro atoms. The Morgan fingerprint density at radius 2 is 2.24 bits per heavy atom. The zero-order valence-electron chi connectivity index (χ0n) is 12.2. The molecule has 1 amide bonds. The molecule has 0 aliphatic heterocycles. The van der Waals surface area contributed by atoms with Crippen molar-refractivity contribution in [2.75, 3.05) is 0 Å². The third-order valence-corrected chi connectivity index (χ3v) is 3.93. The minimum absolute atomic E-state index is 0.0349. The molecule has 0 unspecified atom stereocenters. The van der Waals surface area contributed by atoms with Crippen LogP contribution in [0.5, 0.6) is 0 Å². The van der Waals surface area contributed by atoms with Gasteiger partial charge in [-0.3, -0.25) is 14.9 Å². The van der Waals surface area contributed by atoms with Gasteiger partial charge in [0.2, 0.25) is 0 Å². The molecule has 1 aromatic heterocycles. The predicted octanol–water partition coefficient (Wildman–Crippen LogP) is 1.81. The molecule has 1 aliphatic rings. The van der Waals surface area contributed by atoms with Crippen LogP contribution < -0.4 is 11.1 Å². The molecule has 7 heteroatoms. The van der Waals surface area contributed by atoms with Gasteiger partial charge in [0.1, 0.15) is 5.69 Å². The van der Waals surface area contributed by atoms with Crippen LogP contribution in [-0.4, -0.2) is 27.5 Å². The van der Waals surface area contributed by atoms with Crippen LogP contribution in [0, 0.1) is 10.1 Å². The third kappa shape index (κ3) is 3.60. The van der Waals surface area contributed by atoms with Gasteiger partial charge in [-0.25, -0.2) is 0 Å². The average molecular weight is 294 g/mol. The summed E-state index contributed by atoms with van der Waals surface area (Å²) in [5.74, 6) is -0.279. The van der Waals surface area contributed by atoms with Crippen LogP contribution in [0.4, 0.5) is 5.69 Å². The summed E-state index contributed by atoms with van der Waals surface area (Å²) in [6.45, 7) is 2.54. The summed E-state index contributed by atoms with van der Waals surface area (Å²) < 4.78 is 1.64. The summed E-state index contributed by atoms with van der Waals surface area (Å²) in [5, 5.41) is 13.8. The quantitative estimate of drug-likeness (QED) is 0.638. The lowest BCUT2D eigenvalue weighted by molar-refractivity contribution is -0.384. The molecule has 0 radical (unpaired) electrons. The van der Waals surface area contributed by atoms with Crippen molar-refractivity contribution in [2.24, 2.45) is 5.73 Å². The van der Waals surface area contributed by atoms with Gasteiger partial charge in [0.25, 0.3) is 11.6 Å². The first kappa shape index (κ1) is 15.5. The number of hydrogen-bond donors (Lipinski definition) is 2. The maximum absolute atomic E-state index is 12.4. The second-order valence-corrected chi connectivity index (χ2v) is 5.56. The van der Waals surface area contributed by atoms with E-state index in [-0.39, 0.29) is 23.7 Å². The minimum atomic E-state index is -0.477. The number of hydrogen-bond acceptors (Lipinski definition) is 4. The van der Waals surface area contributed by atoms with E-state index < -0.39 is 4.92 Å². The summed E-state index contributed by atoms with van der Waals surface area (Å²) in [7, 11) is 0.